The Hall–Kier alpha value is -4.46. The zero-order valence-electron chi connectivity index (χ0n) is 19.0. The highest BCUT2D eigenvalue weighted by Crippen LogP contribution is 2.38. The van der Waals surface area contributed by atoms with Gasteiger partial charge in [-0.05, 0) is 31.2 Å². The predicted molar refractivity (Wildman–Crippen MR) is 137 cm³/mol. The minimum Gasteiger partial charge on any atom is -0.494 e. The summed E-state index contributed by atoms with van der Waals surface area (Å²) in [5.41, 5.74) is 9.96. The number of rotatable bonds is 5. The van der Waals surface area contributed by atoms with Gasteiger partial charge in [0.25, 0.3) is 5.91 Å². The molecule has 176 valence electrons. The molecule has 11 heteroatoms. The predicted octanol–water partition coefficient (Wildman–Crippen LogP) is 4.82. The van der Waals surface area contributed by atoms with E-state index in [2.05, 4.69) is 19.9 Å². The average Bonchev–Trinajstić information content (AvgIpc) is 3.31. The number of hydrogen-bond acceptors (Lipinski definition) is 9. The molecular formula is C25H16ClN7O2S. The monoisotopic (exact) mass is 513 g/mol. The van der Waals surface area contributed by atoms with Gasteiger partial charge < -0.3 is 10.5 Å². The standard InChI is InChI=1S/C25H16ClN7O2S/c1-12-7-17(16-8-15(9-27)29-11-19(16)35-2)20(22(28)34)21(31-12)24-33-23-25(36-24)32-18(10-30-23)13-3-5-14(26)6-4-13/h3-8,10-11H,1-2H3,(H2,28,34). The molecule has 1 amide bonds. The van der Waals surface area contributed by atoms with E-state index in [1.165, 1.54) is 24.6 Å². The van der Waals surface area contributed by atoms with Crippen molar-refractivity contribution in [3.05, 3.63) is 70.8 Å². The molecule has 0 unspecified atom stereocenters. The lowest BCUT2D eigenvalue weighted by atomic mass is 9.97. The summed E-state index contributed by atoms with van der Waals surface area (Å²) in [4.78, 5) is 35.7. The average molecular weight is 514 g/mol. The van der Waals surface area contributed by atoms with E-state index >= 15 is 0 Å². The Labute approximate surface area is 214 Å². The molecule has 0 saturated carbocycles. The van der Waals surface area contributed by atoms with Crippen LogP contribution >= 0.6 is 22.9 Å². The molecule has 0 atom stereocenters. The number of aromatic nitrogens is 5. The Morgan fingerprint density at radius 2 is 1.86 bits per heavy atom. The van der Waals surface area contributed by atoms with Crippen molar-refractivity contribution < 1.29 is 9.53 Å². The van der Waals surface area contributed by atoms with Crippen molar-refractivity contribution in [3.8, 4) is 44.9 Å². The smallest absolute Gasteiger partial charge is 0.251 e. The van der Waals surface area contributed by atoms with Gasteiger partial charge in [-0.1, -0.05) is 35.1 Å². The summed E-state index contributed by atoms with van der Waals surface area (Å²) in [6, 6.07) is 12.5. The molecule has 0 radical (unpaired) electrons. The maximum Gasteiger partial charge on any atom is 0.251 e. The Morgan fingerprint density at radius 1 is 1.08 bits per heavy atom. The Morgan fingerprint density at radius 3 is 2.56 bits per heavy atom. The van der Waals surface area contributed by atoms with Gasteiger partial charge in [-0.15, -0.1) is 0 Å². The topological polar surface area (TPSA) is 141 Å². The van der Waals surface area contributed by atoms with Crippen LogP contribution in [0.5, 0.6) is 5.75 Å². The summed E-state index contributed by atoms with van der Waals surface area (Å²) in [5.74, 6) is -0.319. The summed E-state index contributed by atoms with van der Waals surface area (Å²) in [5, 5.41) is 10.4. The van der Waals surface area contributed by atoms with Crippen molar-refractivity contribution in [2.24, 2.45) is 5.73 Å². The zero-order chi connectivity index (χ0) is 25.4. The fourth-order valence-electron chi connectivity index (χ4n) is 3.75. The van der Waals surface area contributed by atoms with Gasteiger partial charge >= 0.3 is 0 Å². The number of fused-ring (bicyclic) bond motifs is 1. The summed E-state index contributed by atoms with van der Waals surface area (Å²) in [6.45, 7) is 1.79. The highest BCUT2D eigenvalue weighted by atomic mass is 35.5. The van der Waals surface area contributed by atoms with E-state index in [1.54, 1.807) is 37.4 Å². The largest absolute Gasteiger partial charge is 0.494 e. The number of thiazole rings is 1. The third-order valence-electron chi connectivity index (χ3n) is 5.35. The van der Waals surface area contributed by atoms with Crippen LogP contribution in [0.1, 0.15) is 21.7 Å². The molecular weight excluding hydrogens is 498 g/mol. The number of nitrogens with zero attached hydrogens (tertiary/aromatic N) is 6. The third kappa shape index (κ3) is 4.22. The summed E-state index contributed by atoms with van der Waals surface area (Å²) < 4.78 is 5.44. The number of methoxy groups -OCH3 is 1. The Balaban J connectivity index is 1.70. The van der Waals surface area contributed by atoms with Crippen LogP contribution in [-0.4, -0.2) is 37.9 Å². The number of ether oxygens (including phenoxy) is 1. The molecule has 4 heterocycles. The van der Waals surface area contributed by atoms with Crippen LogP contribution in [0.3, 0.4) is 0 Å². The van der Waals surface area contributed by atoms with E-state index in [1.807, 2.05) is 18.2 Å². The lowest BCUT2D eigenvalue weighted by Gasteiger charge is -2.14. The van der Waals surface area contributed by atoms with Gasteiger partial charge in [0.15, 0.2) is 10.5 Å². The molecule has 5 aromatic rings. The molecule has 0 spiro atoms. The van der Waals surface area contributed by atoms with Crippen LogP contribution in [0.4, 0.5) is 0 Å². The van der Waals surface area contributed by atoms with Crippen LogP contribution in [0.15, 0.2) is 48.8 Å². The van der Waals surface area contributed by atoms with Gasteiger partial charge in [-0.2, -0.15) is 5.26 Å². The molecule has 0 aliphatic rings. The van der Waals surface area contributed by atoms with Gasteiger partial charge in [0, 0.05) is 27.4 Å². The second-order valence-corrected chi connectivity index (χ2v) is 9.10. The molecule has 4 aromatic heterocycles. The number of pyridine rings is 2. The fraction of sp³-hybridized carbons (Fsp3) is 0.0800. The SMILES string of the molecule is COc1cnc(C#N)cc1-c1cc(C)nc(-c2nc3ncc(-c4ccc(Cl)cc4)nc3s2)c1C(N)=O. The lowest BCUT2D eigenvalue weighted by Crippen LogP contribution is -2.16. The number of amides is 1. The number of primary amides is 1. The maximum atomic E-state index is 12.7. The zero-order valence-corrected chi connectivity index (χ0v) is 20.6. The van der Waals surface area contributed by atoms with E-state index < -0.39 is 5.91 Å². The van der Waals surface area contributed by atoms with Crippen LogP contribution in [0.25, 0.3) is 43.6 Å². The second-order valence-electron chi connectivity index (χ2n) is 7.69. The van der Waals surface area contributed by atoms with E-state index in [4.69, 9.17) is 27.1 Å². The highest BCUT2D eigenvalue weighted by Gasteiger charge is 2.24. The molecule has 0 bridgehead atoms. The number of hydrogen-bond donors (Lipinski definition) is 1. The number of carbonyl (C=O) groups excluding carboxylic acids is 1. The van der Waals surface area contributed by atoms with E-state index in [0.29, 0.717) is 54.5 Å². The Bertz CT molecular complexity index is 1690. The van der Waals surface area contributed by atoms with E-state index in [-0.39, 0.29) is 11.3 Å². The van der Waals surface area contributed by atoms with Crippen molar-refractivity contribution in [3.63, 3.8) is 0 Å². The van der Waals surface area contributed by atoms with Gasteiger partial charge in [0.1, 0.15) is 28.2 Å². The molecule has 0 aliphatic heterocycles. The minimum atomic E-state index is -0.702. The summed E-state index contributed by atoms with van der Waals surface area (Å²) in [7, 11) is 1.48. The number of aryl methyl sites for hydroxylation is 1. The fourth-order valence-corrected chi connectivity index (χ4v) is 4.77. The molecule has 9 nitrogen and oxygen atoms in total. The van der Waals surface area contributed by atoms with Crippen LogP contribution in [0, 0.1) is 18.3 Å². The van der Waals surface area contributed by atoms with Gasteiger partial charge in [0.05, 0.1) is 30.8 Å². The number of carbonyl (C=O) groups is 1. The molecule has 1 aromatic carbocycles. The van der Waals surface area contributed by atoms with Crippen LogP contribution < -0.4 is 10.5 Å². The molecule has 0 aliphatic carbocycles. The van der Waals surface area contributed by atoms with E-state index in [9.17, 15) is 10.1 Å². The lowest BCUT2D eigenvalue weighted by molar-refractivity contribution is 0.100. The molecule has 0 fully saturated rings. The summed E-state index contributed by atoms with van der Waals surface area (Å²) in [6.07, 6.45) is 3.06. The van der Waals surface area contributed by atoms with Crippen molar-refractivity contribution in [1.29, 1.82) is 5.26 Å². The van der Waals surface area contributed by atoms with Crippen molar-refractivity contribution in [1.82, 2.24) is 24.9 Å². The number of nitrogens with two attached hydrogens (primary N) is 1. The van der Waals surface area contributed by atoms with Crippen LogP contribution in [-0.2, 0) is 0 Å². The van der Waals surface area contributed by atoms with Crippen molar-refractivity contribution >= 4 is 39.3 Å². The molecule has 2 N–H and O–H groups in total. The quantitative estimate of drug-likeness (QED) is 0.352. The first kappa shape index (κ1) is 23.3. The highest BCUT2D eigenvalue weighted by molar-refractivity contribution is 7.21. The maximum absolute atomic E-state index is 12.7. The first-order valence-corrected chi connectivity index (χ1v) is 11.7. The first-order valence-electron chi connectivity index (χ1n) is 10.5. The first-order chi connectivity index (χ1) is 17.4. The Kier molecular flexibility index (Phi) is 6.01. The number of benzene rings is 1. The molecule has 36 heavy (non-hydrogen) atoms. The van der Waals surface area contributed by atoms with E-state index in [0.717, 1.165) is 5.56 Å². The normalized spacial score (nSPS) is 10.8. The molecule has 5 rings (SSSR count). The number of halogens is 1. The van der Waals surface area contributed by atoms with Gasteiger partial charge in [-0.25, -0.2) is 24.9 Å². The van der Waals surface area contributed by atoms with Gasteiger partial charge in [-0.3, -0.25) is 4.79 Å². The van der Waals surface area contributed by atoms with Gasteiger partial charge in [0.2, 0.25) is 0 Å². The van der Waals surface area contributed by atoms with Crippen molar-refractivity contribution in [2.45, 2.75) is 6.92 Å². The molecule has 0 saturated heterocycles. The number of nitriles is 1. The van der Waals surface area contributed by atoms with Crippen molar-refractivity contribution in [2.75, 3.05) is 7.11 Å². The second kappa shape index (κ2) is 9.30. The third-order valence-corrected chi connectivity index (χ3v) is 6.55. The van der Waals surface area contributed by atoms with Crippen LogP contribution in [0.2, 0.25) is 5.02 Å². The summed E-state index contributed by atoms with van der Waals surface area (Å²) >= 11 is 7.24. The minimum absolute atomic E-state index is 0.144.